The van der Waals surface area contributed by atoms with Crippen LogP contribution in [0.1, 0.15) is 0 Å². The molecule has 0 aromatic rings. The number of nitrogens with zero attached hydrogens (tertiary/aromatic N) is 3. The van der Waals surface area contributed by atoms with Crippen molar-refractivity contribution < 1.29 is 8.42 Å². The van der Waals surface area contributed by atoms with E-state index in [4.69, 9.17) is 0 Å². The van der Waals surface area contributed by atoms with E-state index in [1.165, 1.54) is 0 Å². The average Bonchev–Trinajstić information content (AvgIpc) is 1.65. The Hall–Kier alpha value is -0.910. The second kappa shape index (κ2) is 2.58. The highest BCUT2D eigenvalue weighted by Crippen LogP contribution is 1.95. The van der Waals surface area contributed by atoms with Gasteiger partial charge in [-0.15, -0.1) is 0 Å². The van der Waals surface area contributed by atoms with Gasteiger partial charge in [0.05, 0.1) is 6.26 Å². The van der Waals surface area contributed by atoms with Crippen molar-refractivity contribution in [1.29, 1.82) is 0 Å². The first-order valence-corrected chi connectivity index (χ1v) is 3.80. The number of hydrazone groups is 2. The molecule has 0 bridgehead atoms. The van der Waals surface area contributed by atoms with E-state index in [-0.39, 0.29) is 0 Å². The van der Waals surface area contributed by atoms with Crippen LogP contribution in [0.25, 0.3) is 0 Å². The Kier molecular flexibility index (Phi) is 2.32. The van der Waals surface area contributed by atoms with Gasteiger partial charge in [0.2, 0.25) is 0 Å². The van der Waals surface area contributed by atoms with Crippen LogP contribution in [0, 0.1) is 0 Å². The van der Waals surface area contributed by atoms with Crippen molar-refractivity contribution >= 4 is 23.5 Å². The third-order valence-electron chi connectivity index (χ3n) is 0.539. The zero-order chi connectivity index (χ0) is 7.49. The fourth-order valence-electron chi connectivity index (χ4n) is 0.254. The van der Waals surface area contributed by atoms with E-state index in [9.17, 15) is 8.42 Å². The summed E-state index contributed by atoms with van der Waals surface area (Å²) in [5.41, 5.74) is 0. The van der Waals surface area contributed by atoms with Gasteiger partial charge >= 0.3 is 0 Å². The molecular formula is C3H7N3O2S. The van der Waals surface area contributed by atoms with Gasteiger partial charge in [-0.2, -0.15) is 10.2 Å². The minimum absolute atomic E-state index is 0.437. The van der Waals surface area contributed by atoms with Crippen LogP contribution in [0.2, 0.25) is 0 Å². The Morgan fingerprint density at radius 2 is 1.67 bits per heavy atom. The smallest absolute Gasteiger partial charge is 0.203 e. The zero-order valence-corrected chi connectivity index (χ0v) is 5.80. The summed E-state index contributed by atoms with van der Waals surface area (Å²) in [6.07, 6.45) is 0.955. The number of hydrogen-bond donors (Lipinski definition) is 0. The van der Waals surface area contributed by atoms with Gasteiger partial charge in [-0.05, 0) is 0 Å². The molecule has 0 aliphatic rings. The molecule has 0 unspecified atom stereocenters. The summed E-state index contributed by atoms with van der Waals surface area (Å²) < 4.78 is 21.3. The molecule has 0 radical (unpaired) electrons. The first kappa shape index (κ1) is 8.09. The summed E-state index contributed by atoms with van der Waals surface area (Å²) in [6, 6.07) is 0. The van der Waals surface area contributed by atoms with Crippen LogP contribution in [0.5, 0.6) is 0 Å². The first-order chi connectivity index (χ1) is 4.02. The Morgan fingerprint density at radius 3 is 1.67 bits per heavy atom. The van der Waals surface area contributed by atoms with Gasteiger partial charge in [-0.1, -0.05) is 4.52 Å². The lowest BCUT2D eigenvalue weighted by Crippen LogP contribution is -2.17. The maximum Gasteiger partial charge on any atom is 0.266 e. The Labute approximate surface area is 53.7 Å². The van der Waals surface area contributed by atoms with Crippen molar-refractivity contribution in [2.75, 3.05) is 6.26 Å². The van der Waals surface area contributed by atoms with E-state index in [0.717, 1.165) is 6.26 Å². The van der Waals surface area contributed by atoms with Crippen LogP contribution < -0.4 is 0 Å². The average molecular weight is 149 g/mol. The summed E-state index contributed by atoms with van der Waals surface area (Å²) in [5.74, 6) is 0. The van der Waals surface area contributed by atoms with Crippen molar-refractivity contribution in [3.63, 3.8) is 0 Å². The van der Waals surface area contributed by atoms with E-state index in [0.29, 0.717) is 4.52 Å². The lowest BCUT2D eigenvalue weighted by molar-refractivity contribution is 0.462. The van der Waals surface area contributed by atoms with Crippen LogP contribution in [-0.4, -0.2) is 32.6 Å². The molecule has 0 fully saturated rings. The molecule has 0 heterocycles. The van der Waals surface area contributed by atoms with E-state index >= 15 is 0 Å². The lowest BCUT2D eigenvalue weighted by atomic mass is 11.7. The van der Waals surface area contributed by atoms with Crippen molar-refractivity contribution in [2.45, 2.75) is 0 Å². The molecule has 0 atom stereocenters. The molecule has 0 aliphatic heterocycles. The van der Waals surface area contributed by atoms with Gasteiger partial charge in [-0.25, -0.2) is 8.42 Å². The fraction of sp³-hybridized carbons (Fsp3) is 0.333. The minimum atomic E-state index is -3.39. The zero-order valence-electron chi connectivity index (χ0n) is 4.98. The molecule has 6 heteroatoms. The molecule has 0 aliphatic carbocycles. The van der Waals surface area contributed by atoms with Crippen LogP contribution in [-0.2, 0) is 10.0 Å². The van der Waals surface area contributed by atoms with Crippen LogP contribution in [0.3, 0.4) is 0 Å². The van der Waals surface area contributed by atoms with Gasteiger partial charge in [-0.3, -0.25) is 0 Å². The summed E-state index contributed by atoms with van der Waals surface area (Å²) in [5, 5.41) is 6.09. The molecule has 0 rings (SSSR count). The third-order valence-corrected chi connectivity index (χ3v) is 1.36. The molecule has 0 spiro atoms. The number of sulfonamides is 1. The standard InChI is InChI=1S/C3H7N3O2S/c1-4-6(5-2)9(3,7)8/h1-2H2,3H3. The van der Waals surface area contributed by atoms with Crippen LogP contribution >= 0.6 is 0 Å². The van der Waals surface area contributed by atoms with E-state index in [1.807, 2.05) is 0 Å². The monoisotopic (exact) mass is 149 g/mol. The van der Waals surface area contributed by atoms with Gasteiger partial charge in [0.1, 0.15) is 0 Å². The Balaban J connectivity index is 4.51. The highest BCUT2D eigenvalue weighted by atomic mass is 32.2. The highest BCUT2D eigenvalue weighted by molar-refractivity contribution is 7.88. The van der Waals surface area contributed by atoms with Gasteiger partial charge in [0.15, 0.2) is 0 Å². The van der Waals surface area contributed by atoms with Gasteiger partial charge in [0.25, 0.3) is 10.0 Å². The van der Waals surface area contributed by atoms with Crippen LogP contribution in [0.4, 0.5) is 0 Å². The maximum absolute atomic E-state index is 10.5. The normalized spacial score (nSPS) is 10.3. The molecule has 0 aromatic heterocycles. The molecule has 0 amide bonds. The minimum Gasteiger partial charge on any atom is -0.203 e. The van der Waals surface area contributed by atoms with Crippen LogP contribution in [0.15, 0.2) is 10.2 Å². The quantitative estimate of drug-likeness (QED) is 0.400. The molecular weight excluding hydrogens is 142 g/mol. The molecule has 0 N–H and O–H groups in total. The summed E-state index contributed by atoms with van der Waals surface area (Å²) >= 11 is 0. The SMILES string of the molecule is C=NN(N=C)S(C)(=O)=O. The molecule has 9 heavy (non-hydrogen) atoms. The summed E-state index contributed by atoms with van der Waals surface area (Å²) in [7, 11) is -3.39. The predicted molar refractivity (Wildman–Crippen MR) is 35.8 cm³/mol. The number of hydrogen-bond acceptors (Lipinski definition) is 4. The summed E-state index contributed by atoms with van der Waals surface area (Å²) in [6.45, 7) is 5.92. The fourth-order valence-corrected chi connectivity index (χ4v) is 0.674. The first-order valence-electron chi connectivity index (χ1n) is 1.96. The van der Waals surface area contributed by atoms with Crippen molar-refractivity contribution in [2.24, 2.45) is 10.2 Å². The van der Waals surface area contributed by atoms with E-state index in [1.54, 1.807) is 0 Å². The van der Waals surface area contributed by atoms with Gasteiger partial charge in [0, 0.05) is 13.4 Å². The van der Waals surface area contributed by atoms with Crippen molar-refractivity contribution in [3.8, 4) is 0 Å². The third kappa shape index (κ3) is 2.22. The number of rotatable bonds is 3. The predicted octanol–water partition coefficient (Wildman–Crippen LogP) is -0.521. The van der Waals surface area contributed by atoms with E-state index < -0.39 is 10.0 Å². The summed E-state index contributed by atoms with van der Waals surface area (Å²) in [4.78, 5) is 0. The lowest BCUT2D eigenvalue weighted by Gasteiger charge is -2.05. The van der Waals surface area contributed by atoms with E-state index in [2.05, 4.69) is 23.6 Å². The molecule has 0 saturated carbocycles. The van der Waals surface area contributed by atoms with Crippen molar-refractivity contribution in [3.05, 3.63) is 0 Å². The molecule has 52 valence electrons. The Morgan fingerprint density at radius 1 is 1.33 bits per heavy atom. The van der Waals surface area contributed by atoms with Crippen molar-refractivity contribution in [1.82, 2.24) is 4.52 Å². The molecule has 0 saturated heterocycles. The topological polar surface area (TPSA) is 62.1 Å². The largest absolute Gasteiger partial charge is 0.266 e. The van der Waals surface area contributed by atoms with Gasteiger partial charge < -0.3 is 0 Å². The Bertz CT molecular complexity index is 199. The second-order valence-electron chi connectivity index (χ2n) is 1.27. The molecule has 5 nitrogen and oxygen atoms in total. The highest BCUT2D eigenvalue weighted by Gasteiger charge is 2.08. The second-order valence-corrected chi connectivity index (χ2v) is 3.06. The molecule has 0 aromatic carbocycles. The maximum atomic E-state index is 10.5.